The topological polar surface area (TPSA) is 98.7 Å². The fourth-order valence-electron chi connectivity index (χ4n) is 5.23. The van der Waals surface area contributed by atoms with Crippen LogP contribution in [-0.4, -0.2) is 67.4 Å². The molecule has 0 aromatic heterocycles. The summed E-state index contributed by atoms with van der Waals surface area (Å²) < 4.78 is 29.8. The van der Waals surface area contributed by atoms with E-state index < -0.39 is 18.2 Å². The molecular formula is C29H36N2O7. The summed E-state index contributed by atoms with van der Waals surface area (Å²) in [6.07, 6.45) is 2.51. The average molecular weight is 525 g/mol. The quantitative estimate of drug-likeness (QED) is 0.494. The second-order valence-corrected chi connectivity index (χ2v) is 9.90. The molecule has 2 N–H and O–H groups in total. The highest BCUT2D eigenvalue weighted by Gasteiger charge is 2.41. The van der Waals surface area contributed by atoms with Gasteiger partial charge in [-0.05, 0) is 23.3 Å². The zero-order valence-corrected chi connectivity index (χ0v) is 21.6. The van der Waals surface area contributed by atoms with Crippen LogP contribution >= 0.6 is 0 Å². The third kappa shape index (κ3) is 6.61. The van der Waals surface area contributed by atoms with Crippen molar-refractivity contribution in [1.82, 2.24) is 4.90 Å². The normalized spacial score (nSPS) is 25.2. The largest absolute Gasteiger partial charge is 0.445 e. The number of likely N-dealkylation sites (tertiary alicyclic amines) is 1. The summed E-state index contributed by atoms with van der Waals surface area (Å²) in [5.74, 6) is -0.410. The van der Waals surface area contributed by atoms with Crippen LogP contribution in [0.4, 0.5) is 10.5 Å². The Morgan fingerprint density at radius 1 is 1.11 bits per heavy atom. The maximum absolute atomic E-state index is 12.0. The Kier molecular flexibility index (Phi) is 8.73. The average Bonchev–Trinajstić information content (AvgIpc) is 3.41. The van der Waals surface area contributed by atoms with E-state index in [0.717, 1.165) is 49.2 Å². The predicted molar refractivity (Wildman–Crippen MR) is 140 cm³/mol. The van der Waals surface area contributed by atoms with Crippen LogP contribution in [0.15, 0.2) is 61.2 Å². The van der Waals surface area contributed by atoms with E-state index in [1.54, 1.807) is 6.07 Å². The number of hydrogen-bond donors (Lipinski definition) is 2. The molecule has 0 saturated carbocycles. The van der Waals surface area contributed by atoms with Crippen LogP contribution in [0.25, 0.3) is 0 Å². The van der Waals surface area contributed by atoms with Gasteiger partial charge >= 0.3 is 6.09 Å². The maximum Gasteiger partial charge on any atom is 0.411 e. The first kappa shape index (κ1) is 26.8. The molecule has 0 aliphatic carbocycles. The minimum absolute atomic E-state index is 0.000922. The number of carbonyl (C=O) groups excluding carboxylic acids is 1. The van der Waals surface area contributed by atoms with Crippen LogP contribution in [-0.2, 0) is 30.3 Å². The Balaban J connectivity index is 1.30. The number of nitrogens with zero attached hydrogens (tertiary/aromatic N) is 1. The van der Waals surface area contributed by atoms with Gasteiger partial charge in [-0.2, -0.15) is 0 Å². The van der Waals surface area contributed by atoms with Gasteiger partial charge in [0, 0.05) is 50.1 Å². The Bertz CT molecular complexity index is 1080. The lowest BCUT2D eigenvalue weighted by atomic mass is 9.98. The van der Waals surface area contributed by atoms with Crippen molar-refractivity contribution in [1.29, 1.82) is 0 Å². The maximum atomic E-state index is 12.0. The van der Waals surface area contributed by atoms with E-state index in [1.807, 2.05) is 42.5 Å². The Morgan fingerprint density at radius 2 is 1.87 bits per heavy atom. The molecule has 1 amide bonds. The zero-order valence-electron chi connectivity index (χ0n) is 21.6. The highest BCUT2D eigenvalue weighted by molar-refractivity contribution is 5.84. The molecule has 0 radical (unpaired) electrons. The molecule has 0 unspecified atom stereocenters. The van der Waals surface area contributed by atoms with Gasteiger partial charge < -0.3 is 33.7 Å². The summed E-state index contributed by atoms with van der Waals surface area (Å²) in [6.45, 7) is 7.56. The van der Waals surface area contributed by atoms with Crippen LogP contribution in [0, 0.1) is 0 Å². The smallest absolute Gasteiger partial charge is 0.411 e. The molecule has 3 fully saturated rings. The molecule has 5 rings (SSSR count). The molecular weight excluding hydrogens is 488 g/mol. The first-order valence-corrected chi connectivity index (χ1v) is 13.2. The molecule has 9 nitrogen and oxygen atoms in total. The summed E-state index contributed by atoms with van der Waals surface area (Å²) >= 11 is 0. The van der Waals surface area contributed by atoms with Crippen LogP contribution in [0.2, 0.25) is 0 Å². The van der Waals surface area contributed by atoms with Crippen molar-refractivity contribution < 1.29 is 33.6 Å². The van der Waals surface area contributed by atoms with E-state index in [0.29, 0.717) is 25.3 Å². The summed E-state index contributed by atoms with van der Waals surface area (Å²) in [4.78, 5) is 14.4. The molecule has 0 bridgehead atoms. The number of carbonyl (C=O) groups is 1. The molecule has 3 aliphatic rings. The molecule has 204 valence electrons. The number of anilines is 1. The van der Waals surface area contributed by atoms with Crippen molar-refractivity contribution in [2.24, 2.45) is 0 Å². The fourth-order valence-corrected chi connectivity index (χ4v) is 5.23. The lowest BCUT2D eigenvalue weighted by molar-refractivity contribution is -0.255. The van der Waals surface area contributed by atoms with Gasteiger partial charge in [0.25, 0.3) is 0 Å². The van der Waals surface area contributed by atoms with Crippen LogP contribution in [0.5, 0.6) is 0 Å². The van der Waals surface area contributed by atoms with E-state index in [1.165, 1.54) is 6.08 Å². The van der Waals surface area contributed by atoms with Crippen molar-refractivity contribution in [2.45, 2.75) is 50.2 Å². The third-order valence-corrected chi connectivity index (χ3v) is 7.25. The fraction of sp³-hybridized carbons (Fsp3) is 0.483. The van der Waals surface area contributed by atoms with Crippen molar-refractivity contribution >= 4 is 11.8 Å². The van der Waals surface area contributed by atoms with Gasteiger partial charge in [0.1, 0.15) is 6.61 Å². The van der Waals surface area contributed by atoms with Crippen molar-refractivity contribution in [3.05, 3.63) is 77.9 Å². The molecule has 38 heavy (non-hydrogen) atoms. The van der Waals surface area contributed by atoms with E-state index in [-0.39, 0.29) is 25.4 Å². The lowest BCUT2D eigenvalue weighted by Crippen LogP contribution is -2.48. The summed E-state index contributed by atoms with van der Waals surface area (Å²) in [7, 11) is 0. The standard InChI is InChI=1S/C29H36N2O7/c1-2-14-34-28(33)30-24-5-3-4-23(17-24)27-37-25(18-26(38-27)22-8-6-21(20-32)7-9-22)19-31-12-10-29(11-13-31)35-15-16-36-29/h2-9,17,25-27,32H,1,10-16,18-20H2,(H,30,33)/t25-,26+,27+/m1/s1. The molecule has 2 aromatic rings. The second kappa shape index (κ2) is 12.4. The molecule has 1 spiro atoms. The lowest BCUT2D eigenvalue weighted by Gasteiger charge is -2.41. The number of ether oxygens (including phenoxy) is 5. The summed E-state index contributed by atoms with van der Waals surface area (Å²) in [6, 6.07) is 15.3. The van der Waals surface area contributed by atoms with Crippen LogP contribution < -0.4 is 5.32 Å². The zero-order chi connectivity index (χ0) is 26.4. The number of benzene rings is 2. The minimum Gasteiger partial charge on any atom is -0.445 e. The molecule has 3 atom stereocenters. The molecule has 9 heteroatoms. The Morgan fingerprint density at radius 3 is 2.58 bits per heavy atom. The number of aliphatic hydroxyl groups is 1. The van der Waals surface area contributed by atoms with Crippen LogP contribution in [0.3, 0.4) is 0 Å². The molecule has 3 heterocycles. The van der Waals surface area contributed by atoms with E-state index in [9.17, 15) is 9.90 Å². The molecule has 3 saturated heterocycles. The third-order valence-electron chi connectivity index (χ3n) is 7.25. The highest BCUT2D eigenvalue weighted by Crippen LogP contribution is 2.39. The molecule has 3 aliphatic heterocycles. The van der Waals surface area contributed by atoms with E-state index in [4.69, 9.17) is 23.7 Å². The van der Waals surface area contributed by atoms with Gasteiger partial charge in [-0.3, -0.25) is 5.32 Å². The van der Waals surface area contributed by atoms with Gasteiger partial charge in [-0.15, -0.1) is 0 Å². The van der Waals surface area contributed by atoms with Gasteiger partial charge in [0.2, 0.25) is 0 Å². The number of aliphatic hydroxyl groups excluding tert-OH is 1. The highest BCUT2D eigenvalue weighted by atomic mass is 16.7. The van der Waals surface area contributed by atoms with Crippen molar-refractivity contribution in [2.75, 3.05) is 44.8 Å². The van der Waals surface area contributed by atoms with Gasteiger partial charge in [0.15, 0.2) is 12.1 Å². The van der Waals surface area contributed by atoms with E-state index in [2.05, 4.69) is 16.8 Å². The number of amides is 1. The first-order chi connectivity index (χ1) is 18.6. The summed E-state index contributed by atoms with van der Waals surface area (Å²) in [5, 5.41) is 12.2. The van der Waals surface area contributed by atoms with Crippen molar-refractivity contribution in [3.63, 3.8) is 0 Å². The van der Waals surface area contributed by atoms with Gasteiger partial charge in [-0.1, -0.05) is 49.1 Å². The van der Waals surface area contributed by atoms with Gasteiger partial charge in [-0.25, -0.2) is 4.79 Å². The Labute approximate surface area is 223 Å². The summed E-state index contributed by atoms with van der Waals surface area (Å²) in [5.41, 5.74) is 3.29. The predicted octanol–water partition coefficient (Wildman–Crippen LogP) is 4.30. The molecule has 2 aromatic carbocycles. The van der Waals surface area contributed by atoms with Crippen LogP contribution in [0.1, 0.15) is 48.3 Å². The monoisotopic (exact) mass is 524 g/mol. The number of piperidine rings is 1. The minimum atomic E-state index is -0.611. The second-order valence-electron chi connectivity index (χ2n) is 9.90. The number of hydrogen-bond acceptors (Lipinski definition) is 8. The van der Waals surface area contributed by atoms with E-state index >= 15 is 0 Å². The number of nitrogens with one attached hydrogen (secondary N) is 1. The van der Waals surface area contributed by atoms with Gasteiger partial charge in [0.05, 0.1) is 32.0 Å². The number of rotatable bonds is 8. The SMILES string of the molecule is C=CCOC(=O)Nc1cccc([C@H]2O[C@@H](CN3CCC4(CC3)OCCO4)C[C@@H](c3ccc(CO)cc3)O2)c1. The Hall–Kier alpha value is -2.79. The first-order valence-electron chi connectivity index (χ1n) is 13.2. The van der Waals surface area contributed by atoms with Crippen molar-refractivity contribution in [3.8, 4) is 0 Å².